The maximum Gasteiger partial charge on any atom is 0.341 e. The Morgan fingerprint density at radius 1 is 1.18 bits per heavy atom. The Labute approximate surface area is 246 Å². The standard InChI is InChI=1S/C29H25N3O4S4/c1-16-10-11-18-21(13-16)40-26-23(18)27(34)32(17-7-4-3-5-8-17)29(31-26)39-15-22(33)30-25-24(28(35)36-2)19(14-38-25)20-9-6-12-37-20/h3-9,12,14,16H,10-11,13,15H2,1-2H3,(H,30,33)/t16-/m0/s1. The smallest absolute Gasteiger partial charge is 0.341 e. The summed E-state index contributed by atoms with van der Waals surface area (Å²) in [4.78, 5) is 47.5. The molecule has 0 spiro atoms. The predicted octanol–water partition coefficient (Wildman–Crippen LogP) is 6.88. The van der Waals surface area contributed by atoms with Crippen molar-refractivity contribution in [3.8, 4) is 16.1 Å². The van der Waals surface area contributed by atoms with E-state index in [2.05, 4.69) is 12.2 Å². The predicted molar refractivity (Wildman–Crippen MR) is 165 cm³/mol. The Hall–Kier alpha value is -3.25. The fraction of sp³-hybridized carbons (Fsp3) is 0.241. The van der Waals surface area contributed by atoms with E-state index in [0.717, 1.165) is 40.1 Å². The highest BCUT2D eigenvalue weighted by atomic mass is 32.2. The lowest BCUT2D eigenvalue weighted by Crippen LogP contribution is -2.23. The first-order valence-corrected chi connectivity index (χ1v) is 16.3. The molecular weight excluding hydrogens is 583 g/mol. The number of nitrogens with one attached hydrogen (secondary N) is 1. The van der Waals surface area contributed by atoms with Gasteiger partial charge in [0.05, 0.1) is 23.9 Å². The molecule has 1 aliphatic carbocycles. The highest BCUT2D eigenvalue weighted by Gasteiger charge is 2.26. The number of hydrogen-bond donors (Lipinski definition) is 1. The molecule has 1 aromatic carbocycles. The zero-order valence-corrected chi connectivity index (χ0v) is 25.0. The first-order valence-electron chi connectivity index (χ1n) is 12.7. The van der Waals surface area contributed by atoms with Gasteiger partial charge in [0.25, 0.3) is 5.56 Å². The average molecular weight is 608 g/mol. The second-order valence-corrected chi connectivity index (χ2v) is 13.4. The Morgan fingerprint density at radius 2 is 2.00 bits per heavy atom. The lowest BCUT2D eigenvalue weighted by Gasteiger charge is -2.17. The second-order valence-electron chi connectivity index (χ2n) is 9.56. The van der Waals surface area contributed by atoms with Crippen molar-refractivity contribution < 1.29 is 14.3 Å². The number of nitrogens with zero attached hydrogens (tertiary/aromatic N) is 2. The molecule has 5 aromatic rings. The first-order chi connectivity index (χ1) is 19.4. The number of aryl methyl sites for hydroxylation is 1. The van der Waals surface area contributed by atoms with Crippen LogP contribution in [0.2, 0.25) is 0 Å². The molecule has 0 radical (unpaired) electrons. The van der Waals surface area contributed by atoms with Crippen LogP contribution in [-0.4, -0.2) is 34.3 Å². The monoisotopic (exact) mass is 607 g/mol. The third-order valence-corrected chi connectivity index (χ3v) is 10.8. The fourth-order valence-corrected chi connectivity index (χ4v) is 8.96. The van der Waals surface area contributed by atoms with Gasteiger partial charge in [-0.15, -0.1) is 34.0 Å². The summed E-state index contributed by atoms with van der Waals surface area (Å²) in [5.41, 5.74) is 2.81. The van der Waals surface area contributed by atoms with Crippen LogP contribution >= 0.6 is 45.8 Å². The SMILES string of the molecule is COC(=O)c1c(-c2cccs2)csc1NC(=O)CSc1nc2sc3c(c2c(=O)n1-c1ccccc1)CC[C@H](C)C3. The highest BCUT2D eigenvalue weighted by molar-refractivity contribution is 7.99. The largest absolute Gasteiger partial charge is 0.465 e. The molecule has 4 heterocycles. The van der Waals surface area contributed by atoms with Crippen LogP contribution in [0.5, 0.6) is 0 Å². The van der Waals surface area contributed by atoms with E-state index in [1.165, 1.54) is 46.4 Å². The molecule has 0 unspecified atom stereocenters. The van der Waals surface area contributed by atoms with E-state index < -0.39 is 5.97 Å². The molecule has 1 amide bonds. The van der Waals surface area contributed by atoms with Gasteiger partial charge < -0.3 is 10.1 Å². The summed E-state index contributed by atoms with van der Waals surface area (Å²) >= 11 is 5.60. The fourth-order valence-electron chi connectivity index (χ4n) is 4.93. The van der Waals surface area contributed by atoms with E-state index in [9.17, 15) is 14.4 Å². The van der Waals surface area contributed by atoms with Gasteiger partial charge in [-0.3, -0.25) is 14.2 Å². The topological polar surface area (TPSA) is 90.3 Å². The number of amides is 1. The number of carbonyl (C=O) groups is 2. The summed E-state index contributed by atoms with van der Waals surface area (Å²) in [5.74, 6) is -0.210. The lowest BCUT2D eigenvalue weighted by atomic mass is 9.89. The zero-order chi connectivity index (χ0) is 27.8. The minimum absolute atomic E-state index is 0.0136. The van der Waals surface area contributed by atoms with Crippen LogP contribution in [0.4, 0.5) is 5.00 Å². The summed E-state index contributed by atoms with van der Waals surface area (Å²) in [6, 6.07) is 13.3. The van der Waals surface area contributed by atoms with Gasteiger partial charge in [0.1, 0.15) is 15.4 Å². The van der Waals surface area contributed by atoms with Gasteiger partial charge in [-0.2, -0.15) is 0 Å². The first kappa shape index (κ1) is 26.9. The van der Waals surface area contributed by atoms with E-state index in [1.54, 1.807) is 15.9 Å². The number of esters is 1. The number of hydrogen-bond acceptors (Lipinski definition) is 9. The molecule has 0 fully saturated rings. The number of ether oxygens (including phenoxy) is 1. The van der Waals surface area contributed by atoms with Gasteiger partial charge >= 0.3 is 5.97 Å². The van der Waals surface area contributed by atoms with Crippen LogP contribution in [0.1, 0.15) is 34.1 Å². The van der Waals surface area contributed by atoms with Crippen LogP contribution in [-0.2, 0) is 22.4 Å². The number of fused-ring (bicyclic) bond motifs is 3. The number of benzene rings is 1. The molecule has 0 aliphatic heterocycles. The van der Waals surface area contributed by atoms with Crippen LogP contribution in [0, 0.1) is 5.92 Å². The van der Waals surface area contributed by atoms with Gasteiger partial charge in [0, 0.05) is 20.7 Å². The molecule has 0 bridgehead atoms. The van der Waals surface area contributed by atoms with Crippen molar-refractivity contribution in [3.63, 3.8) is 0 Å². The van der Waals surface area contributed by atoms with Gasteiger partial charge in [-0.25, -0.2) is 9.78 Å². The summed E-state index contributed by atoms with van der Waals surface area (Å²) in [6.07, 6.45) is 2.90. The van der Waals surface area contributed by atoms with Gasteiger partial charge in [0.2, 0.25) is 5.91 Å². The number of anilines is 1. The maximum atomic E-state index is 13.9. The third kappa shape index (κ3) is 5.03. The van der Waals surface area contributed by atoms with Crippen molar-refractivity contribution in [1.29, 1.82) is 0 Å². The Kier molecular flexibility index (Phi) is 7.63. The summed E-state index contributed by atoms with van der Waals surface area (Å²) in [5, 5.41) is 8.27. The van der Waals surface area contributed by atoms with Gasteiger partial charge in [-0.1, -0.05) is 43.0 Å². The summed E-state index contributed by atoms with van der Waals surface area (Å²) in [6.45, 7) is 2.24. The van der Waals surface area contributed by atoms with Gasteiger partial charge in [-0.05, 0) is 54.3 Å². The number of aromatic nitrogens is 2. The molecule has 4 aromatic heterocycles. The number of thioether (sulfide) groups is 1. The average Bonchev–Trinajstić information content (AvgIpc) is 3.70. The normalized spacial score (nSPS) is 14.7. The van der Waals surface area contributed by atoms with Gasteiger partial charge in [0.15, 0.2) is 5.16 Å². The highest BCUT2D eigenvalue weighted by Crippen LogP contribution is 2.39. The van der Waals surface area contributed by atoms with Crippen LogP contribution in [0.25, 0.3) is 26.3 Å². The Morgan fingerprint density at radius 3 is 2.75 bits per heavy atom. The van der Waals surface area contributed by atoms with Crippen molar-refractivity contribution in [2.45, 2.75) is 31.3 Å². The van der Waals surface area contributed by atoms with Crippen molar-refractivity contribution in [2.75, 3.05) is 18.2 Å². The molecule has 204 valence electrons. The molecule has 0 saturated carbocycles. The van der Waals surface area contributed by atoms with E-state index in [1.807, 2.05) is 53.2 Å². The molecule has 1 aliphatic rings. The summed E-state index contributed by atoms with van der Waals surface area (Å²) < 4.78 is 6.63. The third-order valence-electron chi connectivity index (χ3n) is 6.87. The molecule has 6 rings (SSSR count). The quantitative estimate of drug-likeness (QED) is 0.123. The van der Waals surface area contributed by atoms with Crippen molar-refractivity contribution in [2.24, 2.45) is 5.92 Å². The number of carbonyl (C=O) groups excluding carboxylic acids is 2. The van der Waals surface area contributed by atoms with E-state index in [-0.39, 0.29) is 17.2 Å². The molecule has 0 saturated heterocycles. The number of para-hydroxylation sites is 1. The van der Waals surface area contributed by atoms with E-state index >= 15 is 0 Å². The van der Waals surface area contributed by atoms with Crippen molar-refractivity contribution in [1.82, 2.24) is 9.55 Å². The van der Waals surface area contributed by atoms with Crippen LogP contribution in [0.15, 0.2) is 63.2 Å². The molecule has 1 N–H and O–H groups in total. The molecule has 7 nitrogen and oxygen atoms in total. The summed E-state index contributed by atoms with van der Waals surface area (Å²) in [7, 11) is 1.33. The van der Waals surface area contributed by atoms with Crippen molar-refractivity contribution in [3.05, 3.63) is 79.6 Å². The van der Waals surface area contributed by atoms with Crippen molar-refractivity contribution >= 4 is 72.9 Å². The van der Waals surface area contributed by atoms with Crippen LogP contribution < -0.4 is 10.9 Å². The van der Waals surface area contributed by atoms with Crippen LogP contribution in [0.3, 0.4) is 0 Å². The zero-order valence-electron chi connectivity index (χ0n) is 21.8. The Balaban J connectivity index is 1.32. The van der Waals surface area contributed by atoms with E-state index in [4.69, 9.17) is 9.72 Å². The molecular formula is C29H25N3O4S4. The van der Waals surface area contributed by atoms with E-state index in [0.29, 0.717) is 32.7 Å². The second kappa shape index (κ2) is 11.3. The minimum Gasteiger partial charge on any atom is -0.465 e. The maximum absolute atomic E-state index is 13.9. The Bertz CT molecular complexity index is 1770. The minimum atomic E-state index is -0.506. The molecule has 40 heavy (non-hydrogen) atoms. The number of thiophene rings is 3. The number of methoxy groups -OCH3 is 1. The lowest BCUT2D eigenvalue weighted by molar-refractivity contribution is -0.113. The molecule has 1 atom stereocenters. The molecule has 11 heteroatoms. The number of rotatable bonds is 7.